The number of rotatable bonds is 9. The van der Waals surface area contributed by atoms with Gasteiger partial charge in [-0.2, -0.15) is 0 Å². The molecule has 81 heavy (non-hydrogen) atoms. The smallest absolute Gasteiger partial charge is 0.164 e. The molecule has 2 aromatic heterocycles. The zero-order chi connectivity index (χ0) is 53.4. The summed E-state index contributed by atoms with van der Waals surface area (Å²) in [5, 5.41) is 0. The van der Waals surface area contributed by atoms with Gasteiger partial charge >= 0.3 is 0 Å². The summed E-state index contributed by atoms with van der Waals surface area (Å²) in [6.45, 7) is 0. The van der Waals surface area contributed by atoms with Gasteiger partial charge < -0.3 is 0 Å². The minimum atomic E-state index is -0.521. The van der Waals surface area contributed by atoms with Crippen molar-refractivity contribution in [2.75, 3.05) is 0 Å². The molecular formula is C76H49N5. The van der Waals surface area contributed by atoms with Crippen LogP contribution in [0.2, 0.25) is 0 Å². The molecule has 4 aliphatic carbocycles. The van der Waals surface area contributed by atoms with Gasteiger partial charge in [0.2, 0.25) is 0 Å². The van der Waals surface area contributed by atoms with Crippen molar-refractivity contribution in [2.24, 2.45) is 0 Å². The van der Waals surface area contributed by atoms with Gasteiger partial charge in [-0.05, 0) is 96.1 Å². The average Bonchev–Trinajstić information content (AvgIpc) is 4.10. The van der Waals surface area contributed by atoms with Crippen LogP contribution in [0.25, 0.3) is 90.3 Å². The highest BCUT2D eigenvalue weighted by Gasteiger charge is 2.47. The van der Waals surface area contributed by atoms with Crippen LogP contribution in [0, 0.1) is 0 Å². The third-order valence-electron chi connectivity index (χ3n) is 17.0. The molecule has 2 heterocycles. The number of fused-ring (bicyclic) bond motifs is 3. The first-order chi connectivity index (χ1) is 40.2. The Morgan fingerprint density at radius 2 is 0.617 bits per heavy atom. The first-order valence-electron chi connectivity index (χ1n) is 27.8. The lowest BCUT2D eigenvalue weighted by Crippen LogP contribution is -2.29. The largest absolute Gasteiger partial charge is 0.228 e. The van der Waals surface area contributed by atoms with Gasteiger partial charge in [0.25, 0.3) is 0 Å². The van der Waals surface area contributed by atoms with E-state index in [4.69, 9.17) is 24.9 Å². The Balaban J connectivity index is 0.796. The summed E-state index contributed by atoms with van der Waals surface area (Å²) in [5.74, 6) is 2.70. The van der Waals surface area contributed by atoms with Crippen LogP contribution in [0.5, 0.6) is 0 Å². The standard InChI is InChI=1S/C76H49N5/c1-6-21-50(22-7-1)72-77-67(49-39-37-48(38-40-49)57-34-20-35-63-58-31-18-19-36-66(58)76(71(57)63,55-27-12-4-13-28-55)56-29-14-5-15-30-56)47-68(78-72)53-41-43-61-64(45-53)69-59-32-16-17-33-60(59)70(61)65-46-54(42-44-62(65)69)75-80-73(51-23-8-2-9-24-51)79-74(81-75)52-25-10-3-11-26-52/h1-47,69-70H. The summed E-state index contributed by atoms with van der Waals surface area (Å²) in [7, 11) is 0. The molecule has 2 atom stereocenters. The maximum Gasteiger partial charge on any atom is 0.164 e. The highest BCUT2D eigenvalue weighted by molar-refractivity contribution is 5.93. The molecule has 11 aromatic carbocycles. The van der Waals surface area contributed by atoms with Crippen molar-refractivity contribution < 1.29 is 0 Å². The molecular weight excluding hydrogens is 983 g/mol. The summed E-state index contributed by atoms with van der Waals surface area (Å²) < 4.78 is 0. The molecule has 5 heteroatoms. The quantitative estimate of drug-likeness (QED) is 0.144. The predicted octanol–water partition coefficient (Wildman–Crippen LogP) is 17.7. The van der Waals surface area contributed by atoms with Crippen LogP contribution < -0.4 is 0 Å². The summed E-state index contributed by atoms with van der Waals surface area (Å²) in [6.07, 6.45) is 0. The number of aromatic nitrogens is 5. The second-order valence-corrected chi connectivity index (χ2v) is 21.4. The van der Waals surface area contributed by atoms with Crippen LogP contribution in [0.1, 0.15) is 67.5 Å². The van der Waals surface area contributed by atoms with E-state index >= 15 is 0 Å². The molecule has 0 aliphatic heterocycles. The Hall–Kier alpha value is -10.5. The molecule has 5 nitrogen and oxygen atoms in total. The Morgan fingerprint density at radius 3 is 1.17 bits per heavy atom. The second-order valence-electron chi connectivity index (χ2n) is 21.4. The first-order valence-corrected chi connectivity index (χ1v) is 27.8. The maximum absolute atomic E-state index is 5.37. The van der Waals surface area contributed by atoms with Gasteiger partial charge in [0.05, 0.1) is 16.8 Å². The molecule has 13 aromatic rings. The minimum absolute atomic E-state index is 0.0270. The van der Waals surface area contributed by atoms with Crippen LogP contribution in [0.4, 0.5) is 0 Å². The third-order valence-corrected chi connectivity index (χ3v) is 17.0. The third kappa shape index (κ3) is 7.50. The van der Waals surface area contributed by atoms with E-state index in [0.717, 1.165) is 50.3 Å². The number of benzene rings is 11. The van der Waals surface area contributed by atoms with E-state index in [1.54, 1.807) is 0 Å². The SMILES string of the molecule is c1ccc(-c2nc(-c3ccc(-c4cccc5c4C(c4ccccc4)(c4ccccc4)c4ccccc4-5)cc3)cc(-c3ccc4c(c3)C3c5ccccc5C4c4cc(-c5nc(-c6ccccc6)nc(-c6ccccc6)n5)ccc43)n2)cc1. The predicted molar refractivity (Wildman–Crippen MR) is 326 cm³/mol. The van der Waals surface area contributed by atoms with Gasteiger partial charge in [-0.25, -0.2) is 24.9 Å². The zero-order valence-electron chi connectivity index (χ0n) is 44.0. The van der Waals surface area contributed by atoms with Gasteiger partial charge in [0.15, 0.2) is 23.3 Å². The van der Waals surface area contributed by atoms with E-state index in [9.17, 15) is 0 Å². The van der Waals surface area contributed by atoms with E-state index in [0.29, 0.717) is 23.3 Å². The molecule has 0 radical (unpaired) electrons. The van der Waals surface area contributed by atoms with E-state index in [1.165, 1.54) is 72.3 Å². The van der Waals surface area contributed by atoms with Crippen molar-refractivity contribution in [1.82, 2.24) is 24.9 Å². The van der Waals surface area contributed by atoms with Crippen molar-refractivity contribution in [1.29, 1.82) is 0 Å². The van der Waals surface area contributed by atoms with Crippen molar-refractivity contribution >= 4 is 0 Å². The monoisotopic (exact) mass is 1030 g/mol. The molecule has 0 saturated heterocycles. The fraction of sp³-hybridized carbons (Fsp3) is 0.0395. The molecule has 0 amide bonds. The van der Waals surface area contributed by atoms with Crippen LogP contribution >= 0.6 is 0 Å². The van der Waals surface area contributed by atoms with Crippen LogP contribution in [-0.2, 0) is 5.41 Å². The molecule has 2 bridgehead atoms. The number of nitrogens with zero attached hydrogens (tertiary/aromatic N) is 5. The van der Waals surface area contributed by atoms with Crippen LogP contribution in [0.3, 0.4) is 0 Å². The van der Waals surface area contributed by atoms with Crippen LogP contribution in [0.15, 0.2) is 285 Å². The lowest BCUT2D eigenvalue weighted by Gasteiger charge is -2.42. The van der Waals surface area contributed by atoms with Crippen molar-refractivity contribution in [3.63, 3.8) is 0 Å². The fourth-order valence-electron chi connectivity index (χ4n) is 13.5. The van der Waals surface area contributed by atoms with Crippen molar-refractivity contribution in [3.8, 4) is 90.3 Å². The molecule has 378 valence electrons. The molecule has 4 aliphatic rings. The summed E-state index contributed by atoms with van der Waals surface area (Å²) in [5.41, 5.74) is 25.0. The van der Waals surface area contributed by atoms with E-state index in [2.05, 4.69) is 243 Å². The minimum Gasteiger partial charge on any atom is -0.228 e. The first kappa shape index (κ1) is 46.6. The molecule has 0 spiro atoms. The maximum atomic E-state index is 5.37. The van der Waals surface area contributed by atoms with E-state index in [-0.39, 0.29) is 11.8 Å². The Morgan fingerprint density at radius 1 is 0.235 bits per heavy atom. The van der Waals surface area contributed by atoms with Gasteiger partial charge in [0, 0.05) is 45.2 Å². The topological polar surface area (TPSA) is 64.5 Å². The summed E-state index contributed by atoms with van der Waals surface area (Å²) in [4.78, 5) is 25.9. The van der Waals surface area contributed by atoms with Gasteiger partial charge in [-0.15, -0.1) is 0 Å². The van der Waals surface area contributed by atoms with Crippen molar-refractivity contribution in [2.45, 2.75) is 17.3 Å². The average molecular weight is 1030 g/mol. The Bertz CT molecular complexity index is 4470. The molecule has 2 unspecified atom stereocenters. The summed E-state index contributed by atoms with van der Waals surface area (Å²) in [6, 6.07) is 103. The van der Waals surface area contributed by atoms with Gasteiger partial charge in [-0.3, -0.25) is 0 Å². The van der Waals surface area contributed by atoms with E-state index in [1.807, 2.05) is 42.5 Å². The highest BCUT2D eigenvalue weighted by atomic mass is 15.0. The second kappa shape index (κ2) is 18.9. The number of hydrogen-bond donors (Lipinski definition) is 0. The molecule has 0 fully saturated rings. The molecule has 0 N–H and O–H groups in total. The van der Waals surface area contributed by atoms with Gasteiger partial charge in [-0.1, -0.05) is 267 Å². The lowest BCUT2D eigenvalue weighted by molar-refractivity contribution is 0.754. The Labute approximate surface area is 470 Å². The van der Waals surface area contributed by atoms with Crippen LogP contribution in [-0.4, -0.2) is 24.9 Å². The highest BCUT2D eigenvalue weighted by Crippen LogP contribution is 2.59. The van der Waals surface area contributed by atoms with Gasteiger partial charge in [0.1, 0.15) is 0 Å². The molecule has 17 rings (SSSR count). The van der Waals surface area contributed by atoms with E-state index < -0.39 is 5.41 Å². The fourth-order valence-corrected chi connectivity index (χ4v) is 13.5. The molecule has 0 saturated carbocycles. The summed E-state index contributed by atoms with van der Waals surface area (Å²) >= 11 is 0. The number of hydrogen-bond acceptors (Lipinski definition) is 5. The zero-order valence-corrected chi connectivity index (χ0v) is 44.0. The lowest BCUT2D eigenvalue weighted by atomic mass is 9.60. The van der Waals surface area contributed by atoms with Crippen molar-refractivity contribution in [3.05, 3.63) is 341 Å². The normalized spacial score (nSPS) is 14.8. The Kier molecular flexibility index (Phi) is 10.9.